The Hall–Kier alpha value is -2.73. The third kappa shape index (κ3) is 4.63. The normalized spacial score (nSPS) is 9.96. The number of carbonyl (C=O) groups is 2. The first-order valence-corrected chi connectivity index (χ1v) is 7.47. The number of rotatable bonds is 6. The summed E-state index contributed by atoms with van der Waals surface area (Å²) in [6, 6.07) is 11.5. The molecular formula is C17H17ClN2O4. The first kappa shape index (κ1) is 17.6. The number of ether oxygens (including phenoxy) is 2. The maximum absolute atomic E-state index is 12.1. The van der Waals surface area contributed by atoms with Crippen LogP contribution < -0.4 is 20.1 Å². The van der Waals surface area contributed by atoms with E-state index in [1.165, 1.54) is 14.2 Å². The van der Waals surface area contributed by atoms with Gasteiger partial charge in [-0.05, 0) is 36.4 Å². The minimum atomic E-state index is -0.391. The van der Waals surface area contributed by atoms with Crippen molar-refractivity contribution in [2.45, 2.75) is 0 Å². The smallest absolute Gasteiger partial charge is 0.251 e. The molecule has 24 heavy (non-hydrogen) atoms. The van der Waals surface area contributed by atoms with Gasteiger partial charge in [0.25, 0.3) is 5.91 Å². The van der Waals surface area contributed by atoms with Crippen LogP contribution in [0.4, 0.5) is 5.69 Å². The van der Waals surface area contributed by atoms with Gasteiger partial charge in [0.15, 0.2) is 11.5 Å². The fraction of sp³-hybridized carbons (Fsp3) is 0.176. The predicted molar refractivity (Wildman–Crippen MR) is 92.0 cm³/mol. The largest absolute Gasteiger partial charge is 0.493 e. The molecule has 126 valence electrons. The van der Waals surface area contributed by atoms with E-state index in [4.69, 9.17) is 21.1 Å². The van der Waals surface area contributed by atoms with Crippen molar-refractivity contribution in [1.82, 2.24) is 5.32 Å². The summed E-state index contributed by atoms with van der Waals surface area (Å²) in [6.45, 7) is -0.167. The second-order valence-electron chi connectivity index (χ2n) is 4.81. The highest BCUT2D eigenvalue weighted by atomic mass is 35.5. The molecule has 0 unspecified atom stereocenters. The molecule has 2 aromatic rings. The van der Waals surface area contributed by atoms with E-state index in [0.29, 0.717) is 27.8 Å². The molecule has 0 saturated carbocycles. The summed E-state index contributed by atoms with van der Waals surface area (Å²) in [5, 5.41) is 5.71. The Morgan fingerprint density at radius 1 is 1.04 bits per heavy atom. The Morgan fingerprint density at radius 3 is 2.46 bits per heavy atom. The lowest BCUT2D eigenvalue weighted by Gasteiger charge is -2.10. The molecule has 0 atom stereocenters. The zero-order valence-corrected chi connectivity index (χ0v) is 14.0. The van der Waals surface area contributed by atoms with Crippen molar-refractivity contribution in [2.24, 2.45) is 0 Å². The molecule has 2 amide bonds. The van der Waals surface area contributed by atoms with Crippen molar-refractivity contribution in [1.29, 1.82) is 0 Å². The van der Waals surface area contributed by atoms with E-state index < -0.39 is 5.91 Å². The molecule has 0 fully saturated rings. The van der Waals surface area contributed by atoms with Crippen molar-refractivity contribution >= 4 is 29.1 Å². The third-order valence-corrected chi connectivity index (χ3v) is 3.40. The first-order chi connectivity index (χ1) is 11.5. The van der Waals surface area contributed by atoms with Crippen LogP contribution in [0.5, 0.6) is 11.5 Å². The topological polar surface area (TPSA) is 76.7 Å². The Morgan fingerprint density at radius 2 is 1.79 bits per heavy atom. The highest BCUT2D eigenvalue weighted by molar-refractivity contribution is 6.30. The molecule has 0 spiro atoms. The van der Waals surface area contributed by atoms with Gasteiger partial charge in [0.2, 0.25) is 5.91 Å². The molecular weight excluding hydrogens is 332 g/mol. The highest BCUT2D eigenvalue weighted by Gasteiger charge is 2.12. The standard InChI is InChI=1S/C17H17ClN2O4/c1-23-14-7-6-11(8-15(14)24-2)17(22)19-10-16(21)20-13-5-3-4-12(18)9-13/h3-9H,10H2,1-2H3,(H,19,22)(H,20,21). The van der Waals surface area contributed by atoms with Crippen molar-refractivity contribution < 1.29 is 19.1 Å². The zero-order chi connectivity index (χ0) is 17.5. The van der Waals surface area contributed by atoms with Crippen LogP contribution in [0, 0.1) is 0 Å². The van der Waals surface area contributed by atoms with Gasteiger partial charge in [-0.15, -0.1) is 0 Å². The van der Waals surface area contributed by atoms with Gasteiger partial charge in [0.05, 0.1) is 20.8 Å². The van der Waals surface area contributed by atoms with Crippen molar-refractivity contribution in [3.8, 4) is 11.5 Å². The van der Waals surface area contributed by atoms with Crippen LogP contribution in [0.2, 0.25) is 5.02 Å². The lowest BCUT2D eigenvalue weighted by Crippen LogP contribution is -2.32. The molecule has 0 aromatic heterocycles. The minimum Gasteiger partial charge on any atom is -0.493 e. The molecule has 2 rings (SSSR count). The van der Waals surface area contributed by atoms with Crippen molar-refractivity contribution in [3.05, 3.63) is 53.1 Å². The van der Waals surface area contributed by atoms with Gasteiger partial charge in [-0.25, -0.2) is 0 Å². The number of anilines is 1. The lowest BCUT2D eigenvalue weighted by molar-refractivity contribution is -0.115. The Kier molecular flexibility index (Phi) is 6.03. The molecule has 0 saturated heterocycles. The molecule has 2 aromatic carbocycles. The van der Waals surface area contributed by atoms with Crippen LogP contribution in [0.25, 0.3) is 0 Å². The summed E-state index contributed by atoms with van der Waals surface area (Å²) in [4.78, 5) is 24.0. The summed E-state index contributed by atoms with van der Waals surface area (Å²) in [5.41, 5.74) is 0.927. The summed E-state index contributed by atoms with van der Waals surface area (Å²) in [5.74, 6) is 0.213. The Bertz CT molecular complexity index is 749. The van der Waals surface area contributed by atoms with Crippen molar-refractivity contribution in [3.63, 3.8) is 0 Å². The molecule has 0 aliphatic rings. The van der Waals surface area contributed by atoms with Gasteiger partial charge in [-0.1, -0.05) is 17.7 Å². The Labute approximate surface area is 144 Å². The fourth-order valence-corrected chi connectivity index (χ4v) is 2.20. The SMILES string of the molecule is COc1ccc(C(=O)NCC(=O)Nc2cccc(Cl)c2)cc1OC. The van der Waals surface area contributed by atoms with Gasteiger partial charge in [0.1, 0.15) is 0 Å². The third-order valence-electron chi connectivity index (χ3n) is 3.16. The molecule has 0 aliphatic carbocycles. The van der Waals surface area contributed by atoms with Gasteiger partial charge in [0, 0.05) is 16.3 Å². The summed E-state index contributed by atoms with van der Waals surface area (Å²) < 4.78 is 10.3. The quantitative estimate of drug-likeness (QED) is 0.841. The maximum Gasteiger partial charge on any atom is 0.251 e. The molecule has 2 N–H and O–H groups in total. The predicted octanol–water partition coefficient (Wildman–Crippen LogP) is 2.73. The van der Waals surface area contributed by atoms with Gasteiger partial charge >= 0.3 is 0 Å². The second-order valence-corrected chi connectivity index (χ2v) is 5.25. The van der Waals surface area contributed by atoms with Crippen molar-refractivity contribution in [2.75, 3.05) is 26.1 Å². The number of halogens is 1. The second kappa shape index (κ2) is 8.21. The van der Waals surface area contributed by atoms with E-state index in [0.717, 1.165) is 0 Å². The number of methoxy groups -OCH3 is 2. The van der Waals surface area contributed by atoms with E-state index in [1.54, 1.807) is 42.5 Å². The highest BCUT2D eigenvalue weighted by Crippen LogP contribution is 2.27. The summed E-state index contributed by atoms with van der Waals surface area (Å²) in [7, 11) is 3.00. The number of nitrogens with one attached hydrogen (secondary N) is 2. The van der Waals surface area contributed by atoms with Gasteiger partial charge in [-0.2, -0.15) is 0 Å². The summed E-state index contributed by atoms with van der Waals surface area (Å²) >= 11 is 5.85. The number of hydrogen-bond acceptors (Lipinski definition) is 4. The van der Waals surface area contributed by atoms with Crippen LogP contribution >= 0.6 is 11.6 Å². The number of benzene rings is 2. The monoisotopic (exact) mass is 348 g/mol. The molecule has 0 radical (unpaired) electrons. The van der Waals surface area contributed by atoms with E-state index in [2.05, 4.69) is 10.6 Å². The molecule has 0 heterocycles. The van der Waals surface area contributed by atoms with Crippen LogP contribution in [-0.4, -0.2) is 32.6 Å². The first-order valence-electron chi connectivity index (χ1n) is 7.09. The average Bonchev–Trinajstić information content (AvgIpc) is 2.59. The number of hydrogen-bond donors (Lipinski definition) is 2. The number of carbonyl (C=O) groups excluding carboxylic acids is 2. The lowest BCUT2D eigenvalue weighted by atomic mass is 10.2. The van der Waals surface area contributed by atoms with E-state index in [9.17, 15) is 9.59 Å². The van der Waals surface area contributed by atoms with E-state index in [1.807, 2.05) is 0 Å². The summed E-state index contributed by atoms with van der Waals surface area (Å²) in [6.07, 6.45) is 0. The zero-order valence-electron chi connectivity index (χ0n) is 13.3. The molecule has 7 heteroatoms. The fourth-order valence-electron chi connectivity index (χ4n) is 2.01. The molecule has 0 bridgehead atoms. The van der Waals surface area contributed by atoms with E-state index >= 15 is 0 Å². The van der Waals surface area contributed by atoms with E-state index in [-0.39, 0.29) is 12.5 Å². The Balaban J connectivity index is 1.94. The van der Waals surface area contributed by atoms with Crippen LogP contribution in [0.3, 0.4) is 0 Å². The van der Waals surface area contributed by atoms with Crippen LogP contribution in [0.15, 0.2) is 42.5 Å². The van der Waals surface area contributed by atoms with Crippen LogP contribution in [0.1, 0.15) is 10.4 Å². The minimum absolute atomic E-state index is 0.167. The maximum atomic E-state index is 12.1. The van der Waals surface area contributed by atoms with Gasteiger partial charge < -0.3 is 20.1 Å². The number of amides is 2. The van der Waals surface area contributed by atoms with Crippen LogP contribution in [-0.2, 0) is 4.79 Å². The average molecular weight is 349 g/mol. The molecule has 0 aliphatic heterocycles. The molecule has 6 nitrogen and oxygen atoms in total. The van der Waals surface area contributed by atoms with Gasteiger partial charge in [-0.3, -0.25) is 9.59 Å².